The van der Waals surface area contributed by atoms with Gasteiger partial charge in [0.15, 0.2) is 6.61 Å². The van der Waals surface area contributed by atoms with Crippen molar-refractivity contribution < 1.29 is 27.1 Å². The zero-order valence-electron chi connectivity index (χ0n) is 20.1. The number of carbonyl (C=O) groups is 1. The van der Waals surface area contributed by atoms with Gasteiger partial charge in [-0.3, -0.25) is 4.79 Å². The summed E-state index contributed by atoms with van der Waals surface area (Å²) < 4.78 is 57.5. The molecule has 198 valence electrons. The van der Waals surface area contributed by atoms with Crippen LogP contribution in [-0.4, -0.2) is 58.4 Å². The zero-order valence-corrected chi connectivity index (χ0v) is 20.8. The van der Waals surface area contributed by atoms with Gasteiger partial charge in [0.1, 0.15) is 17.3 Å². The molecule has 0 aliphatic carbocycles. The van der Waals surface area contributed by atoms with E-state index < -0.39 is 24.5 Å². The fourth-order valence-electron chi connectivity index (χ4n) is 3.29. The Balaban J connectivity index is 1.85. The predicted octanol–water partition coefficient (Wildman–Crippen LogP) is 5.69. The first-order valence-electron chi connectivity index (χ1n) is 11.4. The maximum absolute atomic E-state index is 14.4. The second-order valence-electron chi connectivity index (χ2n) is 7.86. The summed E-state index contributed by atoms with van der Waals surface area (Å²) in [4.78, 5) is 18.5. The lowest BCUT2D eigenvalue weighted by molar-refractivity contribution is -0.154. The number of carbonyl (C=O) groups excluding carboxylic acids is 1. The van der Waals surface area contributed by atoms with E-state index in [1.54, 1.807) is 0 Å². The summed E-state index contributed by atoms with van der Waals surface area (Å²) in [6.07, 6.45) is -2.94. The number of hydrogen-bond donors (Lipinski definition) is 2. The van der Waals surface area contributed by atoms with E-state index in [0.717, 1.165) is 19.2 Å². The van der Waals surface area contributed by atoms with Crippen molar-refractivity contribution in [1.29, 1.82) is 0 Å². The van der Waals surface area contributed by atoms with Crippen LogP contribution in [-0.2, 0) is 4.79 Å². The summed E-state index contributed by atoms with van der Waals surface area (Å²) in [7, 11) is 0. The largest absolute Gasteiger partial charge is 0.465 e. The normalized spacial score (nSPS) is 11.5. The van der Waals surface area contributed by atoms with Gasteiger partial charge in [-0.05, 0) is 43.4 Å². The van der Waals surface area contributed by atoms with Crippen LogP contribution in [0.15, 0.2) is 42.6 Å². The quantitative estimate of drug-likeness (QED) is 0.302. The number of benzene rings is 1. The van der Waals surface area contributed by atoms with Gasteiger partial charge in [-0.25, -0.2) is 9.37 Å². The van der Waals surface area contributed by atoms with Gasteiger partial charge < -0.3 is 20.3 Å². The standard InChI is InChI=1S/C24H25ClF4N6O2/c1-3-35(4-2)10-8-22(36)32-21-12-16(7-9-30-21)31-20-13-19(17-11-15(25)5-6-18(17)26)33-34-23(20)37-14-24(27,28)29/h5-7,9,11-13H,3-4,8,10,14H2,1-2H3,(H2,30,31,32,33,36). The minimum absolute atomic E-state index is 0.00121. The number of nitrogens with zero attached hydrogens (tertiary/aromatic N) is 4. The Labute approximate surface area is 216 Å². The van der Waals surface area contributed by atoms with Crippen LogP contribution in [0.25, 0.3) is 11.3 Å². The molecule has 37 heavy (non-hydrogen) atoms. The first-order chi connectivity index (χ1) is 17.6. The summed E-state index contributed by atoms with van der Waals surface area (Å²) in [5, 5.41) is 13.3. The molecule has 1 aromatic carbocycles. The highest BCUT2D eigenvalue weighted by atomic mass is 35.5. The Bertz CT molecular complexity index is 1220. The Morgan fingerprint density at radius 1 is 1.11 bits per heavy atom. The number of rotatable bonds is 11. The number of hydrogen-bond acceptors (Lipinski definition) is 7. The molecule has 3 aromatic rings. The van der Waals surface area contributed by atoms with Gasteiger partial charge >= 0.3 is 6.18 Å². The average molecular weight is 541 g/mol. The van der Waals surface area contributed by atoms with Gasteiger partial charge in [-0.15, -0.1) is 10.2 Å². The van der Waals surface area contributed by atoms with E-state index in [2.05, 4.69) is 30.7 Å². The Morgan fingerprint density at radius 2 is 1.86 bits per heavy atom. The van der Waals surface area contributed by atoms with Crippen molar-refractivity contribution in [2.24, 2.45) is 0 Å². The Hall–Kier alpha value is -3.51. The van der Waals surface area contributed by atoms with Gasteiger partial charge in [0.2, 0.25) is 5.91 Å². The molecule has 0 aliphatic heterocycles. The molecule has 2 aromatic heterocycles. The van der Waals surface area contributed by atoms with E-state index in [9.17, 15) is 22.4 Å². The molecule has 0 aliphatic rings. The van der Waals surface area contributed by atoms with Crippen molar-refractivity contribution in [3.05, 3.63) is 53.4 Å². The Morgan fingerprint density at radius 3 is 2.57 bits per heavy atom. The van der Waals surface area contributed by atoms with E-state index in [-0.39, 0.29) is 40.1 Å². The third-order valence-electron chi connectivity index (χ3n) is 5.19. The predicted molar refractivity (Wildman–Crippen MR) is 133 cm³/mol. The lowest BCUT2D eigenvalue weighted by Crippen LogP contribution is -2.27. The van der Waals surface area contributed by atoms with Gasteiger partial charge in [-0.1, -0.05) is 25.4 Å². The zero-order chi connectivity index (χ0) is 27.0. The molecule has 8 nitrogen and oxygen atoms in total. The fraction of sp³-hybridized carbons (Fsp3) is 0.333. The number of pyridine rings is 1. The molecule has 0 unspecified atom stereocenters. The topological polar surface area (TPSA) is 92.3 Å². The first kappa shape index (κ1) is 28.1. The van der Waals surface area contributed by atoms with Crippen LogP contribution in [0.2, 0.25) is 5.02 Å². The van der Waals surface area contributed by atoms with Crippen LogP contribution in [0.3, 0.4) is 0 Å². The van der Waals surface area contributed by atoms with Crippen molar-refractivity contribution in [3.63, 3.8) is 0 Å². The number of anilines is 3. The van der Waals surface area contributed by atoms with E-state index in [1.165, 1.54) is 36.5 Å². The molecule has 0 atom stereocenters. The average Bonchev–Trinajstić information content (AvgIpc) is 2.85. The van der Waals surface area contributed by atoms with Crippen LogP contribution >= 0.6 is 11.6 Å². The minimum atomic E-state index is -4.62. The third kappa shape index (κ3) is 8.53. The number of amides is 1. The molecule has 0 bridgehead atoms. The molecule has 2 heterocycles. The van der Waals surface area contributed by atoms with Crippen LogP contribution in [0.4, 0.5) is 34.8 Å². The lowest BCUT2D eigenvalue weighted by Gasteiger charge is -2.17. The van der Waals surface area contributed by atoms with Gasteiger partial charge in [-0.2, -0.15) is 13.2 Å². The van der Waals surface area contributed by atoms with Crippen molar-refractivity contribution >= 4 is 34.7 Å². The highest BCUT2D eigenvalue weighted by molar-refractivity contribution is 6.30. The maximum Gasteiger partial charge on any atom is 0.422 e. The second-order valence-corrected chi connectivity index (χ2v) is 8.29. The summed E-state index contributed by atoms with van der Waals surface area (Å²) in [6.45, 7) is 4.63. The van der Waals surface area contributed by atoms with E-state index in [0.29, 0.717) is 12.2 Å². The van der Waals surface area contributed by atoms with Crippen LogP contribution in [0.5, 0.6) is 5.88 Å². The van der Waals surface area contributed by atoms with Gasteiger partial charge in [0, 0.05) is 41.5 Å². The Kier molecular flexibility index (Phi) is 9.59. The van der Waals surface area contributed by atoms with Crippen molar-refractivity contribution in [1.82, 2.24) is 20.1 Å². The van der Waals surface area contributed by atoms with E-state index in [4.69, 9.17) is 16.3 Å². The first-order valence-corrected chi connectivity index (χ1v) is 11.7. The van der Waals surface area contributed by atoms with Crippen LogP contribution < -0.4 is 15.4 Å². The van der Waals surface area contributed by atoms with Crippen molar-refractivity contribution in [2.75, 3.05) is 36.9 Å². The SMILES string of the molecule is CCN(CC)CCC(=O)Nc1cc(Nc2cc(-c3cc(Cl)ccc3F)nnc2OCC(F)(F)F)ccn1. The minimum Gasteiger partial charge on any atom is -0.465 e. The van der Waals surface area contributed by atoms with Crippen LogP contribution in [0, 0.1) is 5.82 Å². The number of nitrogens with one attached hydrogen (secondary N) is 2. The second kappa shape index (κ2) is 12.6. The van der Waals surface area contributed by atoms with Crippen molar-refractivity contribution in [2.45, 2.75) is 26.4 Å². The highest BCUT2D eigenvalue weighted by Gasteiger charge is 2.29. The molecular weight excluding hydrogens is 516 g/mol. The number of alkyl halides is 3. The van der Waals surface area contributed by atoms with Crippen molar-refractivity contribution in [3.8, 4) is 17.1 Å². The lowest BCUT2D eigenvalue weighted by atomic mass is 10.1. The molecule has 0 radical (unpaired) electrons. The monoisotopic (exact) mass is 540 g/mol. The smallest absolute Gasteiger partial charge is 0.422 e. The molecule has 2 N–H and O–H groups in total. The molecule has 1 amide bonds. The van der Waals surface area contributed by atoms with Gasteiger partial charge in [0.05, 0.1) is 5.69 Å². The molecule has 13 heteroatoms. The fourth-order valence-corrected chi connectivity index (χ4v) is 3.46. The molecular formula is C24H25ClF4N6O2. The number of halogens is 5. The summed E-state index contributed by atoms with van der Waals surface area (Å²) in [6, 6.07) is 8.11. The third-order valence-corrected chi connectivity index (χ3v) is 5.43. The molecule has 0 saturated heterocycles. The van der Waals surface area contributed by atoms with E-state index in [1.807, 2.05) is 13.8 Å². The molecule has 0 fully saturated rings. The summed E-state index contributed by atoms with van der Waals surface area (Å²) in [5.41, 5.74) is 0.359. The summed E-state index contributed by atoms with van der Waals surface area (Å²) >= 11 is 5.96. The van der Waals surface area contributed by atoms with Crippen LogP contribution in [0.1, 0.15) is 20.3 Å². The number of ether oxygens (including phenoxy) is 1. The maximum atomic E-state index is 14.4. The molecule has 0 spiro atoms. The van der Waals surface area contributed by atoms with E-state index >= 15 is 0 Å². The van der Waals surface area contributed by atoms with Gasteiger partial charge in [0.25, 0.3) is 5.88 Å². The summed E-state index contributed by atoms with van der Waals surface area (Å²) in [5.74, 6) is -1.11. The molecule has 3 rings (SSSR count). The number of aromatic nitrogens is 3. The molecule has 0 saturated carbocycles. The highest BCUT2D eigenvalue weighted by Crippen LogP contribution is 2.32.